The number of ether oxygens (including phenoxy) is 1. The molecule has 0 aliphatic rings. The number of amides is 1. The zero-order valence-corrected chi connectivity index (χ0v) is 9.19. The zero-order valence-electron chi connectivity index (χ0n) is 9.19. The van der Waals surface area contributed by atoms with Crippen LogP contribution in [0.2, 0.25) is 0 Å². The van der Waals surface area contributed by atoms with Gasteiger partial charge in [-0.15, -0.1) is 0 Å². The Morgan fingerprint density at radius 3 is 3.12 bits per heavy atom. The normalized spacial score (nSPS) is 9.88. The van der Waals surface area contributed by atoms with Gasteiger partial charge in [0, 0.05) is 26.5 Å². The Morgan fingerprint density at radius 1 is 1.62 bits per heavy atom. The second kappa shape index (κ2) is 6.76. The Morgan fingerprint density at radius 2 is 2.44 bits per heavy atom. The van der Waals surface area contributed by atoms with Crippen molar-refractivity contribution in [3.05, 3.63) is 24.0 Å². The summed E-state index contributed by atoms with van der Waals surface area (Å²) in [5.41, 5.74) is 3.42. The van der Waals surface area contributed by atoms with Gasteiger partial charge in [0.05, 0.1) is 17.4 Å². The SMILES string of the molecule is COCCCNC(=O)c1ccncc1NN. The number of anilines is 1. The molecule has 1 aromatic heterocycles. The maximum Gasteiger partial charge on any atom is 0.253 e. The molecule has 6 heteroatoms. The summed E-state index contributed by atoms with van der Waals surface area (Å²) in [6.07, 6.45) is 3.83. The van der Waals surface area contributed by atoms with Gasteiger partial charge in [-0.2, -0.15) is 0 Å². The molecule has 0 saturated heterocycles. The fourth-order valence-corrected chi connectivity index (χ4v) is 1.22. The zero-order chi connectivity index (χ0) is 11.8. The number of hydrazine groups is 1. The minimum absolute atomic E-state index is 0.175. The van der Waals surface area contributed by atoms with Gasteiger partial charge in [0.1, 0.15) is 0 Å². The van der Waals surface area contributed by atoms with Gasteiger partial charge in [-0.1, -0.05) is 0 Å². The summed E-state index contributed by atoms with van der Waals surface area (Å²) in [6, 6.07) is 1.61. The maximum atomic E-state index is 11.7. The number of carbonyl (C=O) groups is 1. The van der Waals surface area contributed by atoms with Crippen LogP contribution < -0.4 is 16.6 Å². The Bertz CT molecular complexity index is 343. The van der Waals surface area contributed by atoms with Gasteiger partial charge in [-0.05, 0) is 12.5 Å². The molecule has 88 valence electrons. The lowest BCUT2D eigenvalue weighted by Gasteiger charge is -2.08. The number of nitrogens with one attached hydrogen (secondary N) is 2. The van der Waals surface area contributed by atoms with E-state index in [0.29, 0.717) is 24.4 Å². The van der Waals surface area contributed by atoms with Gasteiger partial charge in [0.25, 0.3) is 5.91 Å². The minimum Gasteiger partial charge on any atom is -0.385 e. The summed E-state index contributed by atoms with van der Waals surface area (Å²) in [5.74, 6) is 5.10. The predicted molar refractivity (Wildman–Crippen MR) is 60.9 cm³/mol. The topological polar surface area (TPSA) is 89.3 Å². The minimum atomic E-state index is -0.175. The average Bonchev–Trinajstić information content (AvgIpc) is 2.34. The molecule has 0 aromatic carbocycles. The Balaban J connectivity index is 2.52. The second-order valence-corrected chi connectivity index (χ2v) is 3.17. The van der Waals surface area contributed by atoms with E-state index in [2.05, 4.69) is 15.7 Å². The number of hydrogen-bond donors (Lipinski definition) is 3. The van der Waals surface area contributed by atoms with Crippen LogP contribution >= 0.6 is 0 Å². The molecule has 1 amide bonds. The molecule has 0 aliphatic carbocycles. The van der Waals surface area contributed by atoms with Crippen LogP contribution in [0, 0.1) is 0 Å². The molecule has 0 fully saturated rings. The van der Waals surface area contributed by atoms with Crippen molar-refractivity contribution in [2.75, 3.05) is 25.7 Å². The lowest BCUT2D eigenvalue weighted by Crippen LogP contribution is -2.26. The van der Waals surface area contributed by atoms with Crippen LogP contribution in [-0.2, 0) is 4.74 Å². The van der Waals surface area contributed by atoms with Crippen LogP contribution in [0.4, 0.5) is 5.69 Å². The number of aromatic nitrogens is 1. The van der Waals surface area contributed by atoms with Crippen LogP contribution in [0.15, 0.2) is 18.5 Å². The van der Waals surface area contributed by atoms with E-state index in [1.54, 1.807) is 19.4 Å². The molecule has 1 aromatic rings. The van der Waals surface area contributed by atoms with Gasteiger partial charge in [0.2, 0.25) is 0 Å². The summed E-state index contributed by atoms with van der Waals surface area (Å²) < 4.78 is 4.88. The molecular weight excluding hydrogens is 208 g/mol. The summed E-state index contributed by atoms with van der Waals surface area (Å²) in [4.78, 5) is 15.6. The monoisotopic (exact) mass is 224 g/mol. The van der Waals surface area contributed by atoms with E-state index < -0.39 is 0 Å². The highest BCUT2D eigenvalue weighted by Crippen LogP contribution is 2.10. The summed E-state index contributed by atoms with van der Waals surface area (Å²) in [6.45, 7) is 1.19. The molecule has 0 aliphatic heterocycles. The van der Waals surface area contributed by atoms with Crippen molar-refractivity contribution in [1.82, 2.24) is 10.3 Å². The first kappa shape index (κ1) is 12.4. The first-order valence-corrected chi connectivity index (χ1v) is 4.97. The Labute approximate surface area is 94.2 Å². The number of hydrogen-bond acceptors (Lipinski definition) is 5. The first-order chi connectivity index (χ1) is 7.79. The average molecular weight is 224 g/mol. The lowest BCUT2D eigenvalue weighted by atomic mass is 10.2. The van der Waals surface area contributed by atoms with Crippen molar-refractivity contribution < 1.29 is 9.53 Å². The van der Waals surface area contributed by atoms with Crippen LogP contribution in [0.25, 0.3) is 0 Å². The Kier molecular flexibility index (Phi) is 5.24. The number of carbonyl (C=O) groups excluding carboxylic acids is 1. The van der Waals surface area contributed by atoms with Crippen LogP contribution in [0.3, 0.4) is 0 Å². The number of rotatable bonds is 6. The van der Waals surface area contributed by atoms with Gasteiger partial charge in [-0.3, -0.25) is 15.6 Å². The third-order valence-electron chi connectivity index (χ3n) is 2.03. The van der Waals surface area contributed by atoms with E-state index in [9.17, 15) is 4.79 Å². The van der Waals surface area contributed by atoms with Crippen molar-refractivity contribution in [2.45, 2.75) is 6.42 Å². The number of nitrogens with zero attached hydrogens (tertiary/aromatic N) is 1. The molecule has 6 nitrogen and oxygen atoms in total. The number of methoxy groups -OCH3 is 1. The molecule has 1 rings (SSSR count). The molecule has 0 spiro atoms. The fourth-order valence-electron chi connectivity index (χ4n) is 1.22. The smallest absolute Gasteiger partial charge is 0.253 e. The third kappa shape index (κ3) is 3.48. The highest BCUT2D eigenvalue weighted by atomic mass is 16.5. The van der Waals surface area contributed by atoms with Crippen molar-refractivity contribution in [1.29, 1.82) is 0 Å². The van der Waals surface area contributed by atoms with Crippen LogP contribution in [0.1, 0.15) is 16.8 Å². The molecule has 1 heterocycles. The van der Waals surface area contributed by atoms with Crippen molar-refractivity contribution >= 4 is 11.6 Å². The molecule has 0 bridgehead atoms. The van der Waals surface area contributed by atoms with E-state index in [-0.39, 0.29) is 5.91 Å². The van der Waals surface area contributed by atoms with Crippen molar-refractivity contribution in [3.63, 3.8) is 0 Å². The molecule has 16 heavy (non-hydrogen) atoms. The summed E-state index contributed by atoms with van der Waals surface area (Å²) in [7, 11) is 1.63. The highest BCUT2D eigenvalue weighted by Gasteiger charge is 2.09. The standard InChI is InChI=1S/C10H16N4O2/c1-16-6-2-4-13-10(15)8-3-5-12-7-9(8)14-11/h3,5,7,14H,2,4,6,11H2,1H3,(H,13,15). The summed E-state index contributed by atoms with van der Waals surface area (Å²) >= 11 is 0. The maximum absolute atomic E-state index is 11.7. The summed E-state index contributed by atoms with van der Waals surface area (Å²) in [5, 5.41) is 2.77. The number of nitrogen functional groups attached to an aromatic ring is 1. The molecule has 0 atom stereocenters. The molecule has 0 radical (unpaired) electrons. The predicted octanol–water partition coefficient (Wildman–Crippen LogP) is 0.134. The number of nitrogens with two attached hydrogens (primary N) is 1. The molecular formula is C10H16N4O2. The molecule has 0 saturated carbocycles. The fraction of sp³-hybridized carbons (Fsp3) is 0.400. The third-order valence-corrected chi connectivity index (χ3v) is 2.03. The highest BCUT2D eigenvalue weighted by molar-refractivity contribution is 5.99. The van der Waals surface area contributed by atoms with Crippen molar-refractivity contribution in [2.24, 2.45) is 5.84 Å². The van der Waals surface area contributed by atoms with Gasteiger partial charge >= 0.3 is 0 Å². The van der Waals surface area contributed by atoms with E-state index in [0.717, 1.165) is 6.42 Å². The van der Waals surface area contributed by atoms with Gasteiger partial charge in [0.15, 0.2) is 0 Å². The van der Waals surface area contributed by atoms with E-state index in [1.807, 2.05) is 0 Å². The van der Waals surface area contributed by atoms with Gasteiger partial charge < -0.3 is 15.5 Å². The first-order valence-electron chi connectivity index (χ1n) is 4.97. The van der Waals surface area contributed by atoms with E-state index in [1.165, 1.54) is 6.20 Å². The molecule has 0 unspecified atom stereocenters. The van der Waals surface area contributed by atoms with Crippen LogP contribution in [0.5, 0.6) is 0 Å². The largest absolute Gasteiger partial charge is 0.385 e. The Hall–Kier alpha value is -1.66. The van der Waals surface area contributed by atoms with E-state index >= 15 is 0 Å². The van der Waals surface area contributed by atoms with E-state index in [4.69, 9.17) is 10.6 Å². The lowest BCUT2D eigenvalue weighted by molar-refractivity contribution is 0.0949. The molecule has 4 N–H and O–H groups in total. The quantitative estimate of drug-likeness (QED) is 0.363. The number of pyridine rings is 1. The van der Waals surface area contributed by atoms with Gasteiger partial charge in [-0.25, -0.2) is 0 Å². The van der Waals surface area contributed by atoms with Crippen molar-refractivity contribution in [3.8, 4) is 0 Å². The van der Waals surface area contributed by atoms with Crippen LogP contribution in [-0.4, -0.2) is 31.2 Å². The second-order valence-electron chi connectivity index (χ2n) is 3.17.